The van der Waals surface area contributed by atoms with Gasteiger partial charge in [-0.3, -0.25) is 0 Å². The van der Waals surface area contributed by atoms with Gasteiger partial charge in [0, 0.05) is 20.0 Å². The van der Waals surface area contributed by atoms with Gasteiger partial charge in [-0.25, -0.2) is 9.59 Å². The number of furan rings is 1. The molecule has 0 saturated carbocycles. The van der Waals surface area contributed by atoms with Crippen molar-refractivity contribution < 1.29 is 19.1 Å². The number of likely N-dealkylation sites (N-methyl/N-ethyl adjacent to an activating group) is 1. The minimum Gasteiger partial charge on any atom is -0.480 e. The van der Waals surface area contributed by atoms with Crippen LogP contribution in [0.15, 0.2) is 22.8 Å². The lowest BCUT2D eigenvalue weighted by atomic mass is 10.2. The number of urea groups is 1. The first-order valence-corrected chi connectivity index (χ1v) is 5.82. The monoisotopic (exact) mass is 254 g/mol. The highest BCUT2D eigenvalue weighted by Gasteiger charge is 2.24. The van der Waals surface area contributed by atoms with Gasteiger partial charge in [-0.1, -0.05) is 6.92 Å². The average molecular weight is 254 g/mol. The van der Waals surface area contributed by atoms with E-state index in [1.807, 2.05) is 6.07 Å². The number of carbonyl (C=O) groups is 2. The van der Waals surface area contributed by atoms with E-state index in [1.165, 1.54) is 11.9 Å². The highest BCUT2D eigenvalue weighted by atomic mass is 16.4. The van der Waals surface area contributed by atoms with Crippen molar-refractivity contribution in [1.82, 2.24) is 10.2 Å². The van der Waals surface area contributed by atoms with Gasteiger partial charge in [-0.05, 0) is 18.6 Å². The van der Waals surface area contributed by atoms with E-state index in [1.54, 1.807) is 19.3 Å². The van der Waals surface area contributed by atoms with Crippen molar-refractivity contribution in [2.24, 2.45) is 0 Å². The Labute approximate surface area is 106 Å². The summed E-state index contributed by atoms with van der Waals surface area (Å²) in [5.41, 5.74) is 0. The quantitative estimate of drug-likeness (QED) is 0.802. The van der Waals surface area contributed by atoms with E-state index in [4.69, 9.17) is 9.52 Å². The summed E-state index contributed by atoms with van der Waals surface area (Å²) in [6.45, 7) is 2.14. The summed E-state index contributed by atoms with van der Waals surface area (Å²) in [6.07, 6.45) is 2.52. The molecule has 18 heavy (non-hydrogen) atoms. The molecule has 1 aromatic rings. The molecule has 0 aliphatic carbocycles. The van der Waals surface area contributed by atoms with E-state index < -0.39 is 18.0 Å². The van der Waals surface area contributed by atoms with Crippen LogP contribution in [0.4, 0.5) is 4.79 Å². The molecule has 1 atom stereocenters. The predicted octanol–water partition coefficient (Wildman–Crippen LogP) is 1.33. The first kappa shape index (κ1) is 14.1. The van der Waals surface area contributed by atoms with Gasteiger partial charge in [0.05, 0.1) is 6.26 Å². The number of carbonyl (C=O) groups excluding carboxylic acids is 1. The molecule has 1 rings (SSSR count). The zero-order valence-electron chi connectivity index (χ0n) is 10.5. The number of aliphatic carboxylic acids is 1. The molecule has 0 bridgehead atoms. The summed E-state index contributed by atoms with van der Waals surface area (Å²) in [6, 6.07) is 2.41. The van der Waals surface area contributed by atoms with E-state index in [2.05, 4.69) is 5.32 Å². The van der Waals surface area contributed by atoms with Gasteiger partial charge in [-0.2, -0.15) is 0 Å². The molecule has 0 aromatic carbocycles. The fourth-order valence-corrected chi connectivity index (χ4v) is 1.63. The Morgan fingerprint density at radius 2 is 2.28 bits per heavy atom. The van der Waals surface area contributed by atoms with Crippen molar-refractivity contribution >= 4 is 12.0 Å². The van der Waals surface area contributed by atoms with Gasteiger partial charge in [-0.15, -0.1) is 0 Å². The Morgan fingerprint density at radius 3 is 2.78 bits per heavy atom. The predicted molar refractivity (Wildman–Crippen MR) is 65.3 cm³/mol. The number of nitrogens with zero attached hydrogens (tertiary/aromatic N) is 1. The molecular weight excluding hydrogens is 236 g/mol. The van der Waals surface area contributed by atoms with Crippen LogP contribution in [0.25, 0.3) is 0 Å². The SMILES string of the molecule is CCC(C(=O)O)N(C)C(=O)NCCc1ccco1. The number of rotatable bonds is 6. The number of hydrogen-bond donors (Lipinski definition) is 2. The van der Waals surface area contributed by atoms with Crippen molar-refractivity contribution in [2.75, 3.05) is 13.6 Å². The fraction of sp³-hybridized carbons (Fsp3) is 0.500. The molecule has 0 spiro atoms. The smallest absolute Gasteiger partial charge is 0.326 e. The van der Waals surface area contributed by atoms with E-state index in [9.17, 15) is 9.59 Å². The second kappa shape index (κ2) is 6.68. The molecule has 2 amide bonds. The Balaban J connectivity index is 2.37. The Bertz CT molecular complexity index is 389. The lowest BCUT2D eigenvalue weighted by Gasteiger charge is -2.23. The van der Waals surface area contributed by atoms with Crippen molar-refractivity contribution in [2.45, 2.75) is 25.8 Å². The van der Waals surface area contributed by atoms with Crippen LogP contribution >= 0.6 is 0 Å². The molecule has 2 N–H and O–H groups in total. The molecule has 0 radical (unpaired) electrons. The van der Waals surface area contributed by atoms with Crippen LogP contribution in [0.2, 0.25) is 0 Å². The standard InChI is InChI=1S/C12H18N2O4/c1-3-10(11(15)16)14(2)12(17)13-7-6-9-5-4-8-18-9/h4-5,8,10H,3,6-7H2,1-2H3,(H,13,17)(H,15,16). The minimum atomic E-state index is -0.999. The Kier molecular flexibility index (Phi) is 5.23. The third-order valence-corrected chi connectivity index (χ3v) is 2.69. The van der Waals surface area contributed by atoms with Crippen LogP contribution in [0.5, 0.6) is 0 Å². The second-order valence-electron chi connectivity index (χ2n) is 3.93. The number of amides is 2. The molecule has 6 nitrogen and oxygen atoms in total. The Morgan fingerprint density at radius 1 is 1.56 bits per heavy atom. The number of carboxylic acids is 1. The van der Waals surface area contributed by atoms with Gasteiger partial charge < -0.3 is 19.7 Å². The van der Waals surface area contributed by atoms with Gasteiger partial charge in [0.25, 0.3) is 0 Å². The van der Waals surface area contributed by atoms with Crippen molar-refractivity contribution in [3.8, 4) is 0 Å². The van der Waals surface area contributed by atoms with E-state index in [-0.39, 0.29) is 0 Å². The molecule has 100 valence electrons. The van der Waals surface area contributed by atoms with Gasteiger partial charge in [0.15, 0.2) is 0 Å². The molecule has 0 aliphatic heterocycles. The maximum atomic E-state index is 11.7. The zero-order chi connectivity index (χ0) is 13.5. The molecule has 6 heteroatoms. The molecule has 1 aromatic heterocycles. The zero-order valence-corrected chi connectivity index (χ0v) is 10.5. The molecule has 1 heterocycles. The first-order chi connectivity index (χ1) is 8.56. The average Bonchev–Trinajstić information content (AvgIpc) is 2.82. The maximum Gasteiger partial charge on any atom is 0.326 e. The van der Waals surface area contributed by atoms with Crippen molar-refractivity contribution in [3.63, 3.8) is 0 Å². The van der Waals surface area contributed by atoms with Gasteiger partial charge in [0.1, 0.15) is 11.8 Å². The van der Waals surface area contributed by atoms with E-state index >= 15 is 0 Å². The van der Waals surface area contributed by atoms with Crippen LogP contribution in [-0.2, 0) is 11.2 Å². The summed E-state index contributed by atoms with van der Waals surface area (Å²) in [4.78, 5) is 23.8. The molecular formula is C12H18N2O4. The summed E-state index contributed by atoms with van der Waals surface area (Å²) in [7, 11) is 1.48. The minimum absolute atomic E-state index is 0.372. The molecule has 1 unspecified atom stereocenters. The normalized spacial score (nSPS) is 11.9. The summed E-state index contributed by atoms with van der Waals surface area (Å²) in [5.74, 6) is -0.218. The lowest BCUT2D eigenvalue weighted by molar-refractivity contribution is -0.141. The number of hydrogen-bond acceptors (Lipinski definition) is 3. The summed E-state index contributed by atoms with van der Waals surface area (Å²) in [5, 5.41) is 11.6. The largest absolute Gasteiger partial charge is 0.480 e. The van der Waals surface area contributed by atoms with Crippen LogP contribution < -0.4 is 5.32 Å². The van der Waals surface area contributed by atoms with Gasteiger partial charge in [0.2, 0.25) is 0 Å². The number of nitrogens with one attached hydrogen (secondary N) is 1. The van der Waals surface area contributed by atoms with Crippen LogP contribution in [0, 0.1) is 0 Å². The van der Waals surface area contributed by atoms with Crippen LogP contribution in [0.1, 0.15) is 19.1 Å². The Hall–Kier alpha value is -1.98. The molecule has 0 aliphatic rings. The third-order valence-electron chi connectivity index (χ3n) is 2.69. The summed E-state index contributed by atoms with van der Waals surface area (Å²) >= 11 is 0. The second-order valence-corrected chi connectivity index (χ2v) is 3.93. The van der Waals surface area contributed by atoms with Gasteiger partial charge >= 0.3 is 12.0 Å². The van der Waals surface area contributed by atoms with Crippen molar-refractivity contribution in [3.05, 3.63) is 24.2 Å². The third kappa shape index (κ3) is 3.80. The maximum absolute atomic E-state index is 11.7. The van der Waals surface area contributed by atoms with Crippen LogP contribution in [0.3, 0.4) is 0 Å². The number of carboxylic acid groups (broad SMARTS) is 1. The fourth-order valence-electron chi connectivity index (χ4n) is 1.63. The molecule has 0 saturated heterocycles. The van der Waals surface area contributed by atoms with Crippen LogP contribution in [-0.4, -0.2) is 41.6 Å². The highest BCUT2D eigenvalue weighted by molar-refractivity contribution is 5.82. The van der Waals surface area contributed by atoms with Crippen molar-refractivity contribution in [1.29, 1.82) is 0 Å². The topological polar surface area (TPSA) is 82.8 Å². The summed E-state index contributed by atoms with van der Waals surface area (Å²) < 4.78 is 5.12. The lowest BCUT2D eigenvalue weighted by Crippen LogP contribution is -2.47. The van der Waals surface area contributed by atoms with E-state index in [0.717, 1.165) is 5.76 Å². The van der Waals surface area contributed by atoms with E-state index in [0.29, 0.717) is 19.4 Å². The molecule has 0 fully saturated rings. The first-order valence-electron chi connectivity index (χ1n) is 5.82. The highest BCUT2D eigenvalue weighted by Crippen LogP contribution is 2.03.